The van der Waals surface area contributed by atoms with Crippen LogP contribution in [0.1, 0.15) is 23.3 Å². The fraction of sp³-hybridized carbons (Fsp3) is 0.250. The van der Waals surface area contributed by atoms with Crippen LogP contribution in [0.15, 0.2) is 60.7 Å². The molecule has 19 heavy (non-hydrogen) atoms. The fourth-order valence-electron chi connectivity index (χ4n) is 2.19. The van der Waals surface area contributed by atoms with E-state index in [4.69, 9.17) is 0 Å². The molecule has 0 aliphatic rings. The molecule has 0 fully saturated rings. The number of aliphatic hydroxyl groups is 2. The van der Waals surface area contributed by atoms with Gasteiger partial charge in [-0.05, 0) is 23.2 Å². The van der Waals surface area contributed by atoms with Crippen molar-refractivity contribution in [2.75, 3.05) is 0 Å². The minimum atomic E-state index is -0.471. The van der Waals surface area contributed by atoms with Crippen LogP contribution in [0.3, 0.4) is 0 Å². The van der Waals surface area contributed by atoms with E-state index in [2.05, 4.69) is 0 Å². The topological polar surface area (TPSA) is 40.5 Å². The van der Waals surface area contributed by atoms with Crippen molar-refractivity contribution in [3.05, 3.63) is 71.8 Å². The van der Waals surface area contributed by atoms with Gasteiger partial charge in [-0.2, -0.15) is 0 Å². The molecule has 0 radical (unpaired) electrons. The number of hydrogen-bond acceptors (Lipinski definition) is 2. The standard InChI is InChI=1S/C16H20O2Si/c17-15(13-7-3-1-4-8-13)11-19-12-16(18)14-9-5-2-6-10-14/h1-10,15-18H,11-12,19H2. The van der Waals surface area contributed by atoms with Gasteiger partial charge in [0.25, 0.3) is 0 Å². The Morgan fingerprint density at radius 3 is 1.42 bits per heavy atom. The van der Waals surface area contributed by atoms with E-state index in [0.717, 1.165) is 23.2 Å². The molecule has 0 aromatic heterocycles. The monoisotopic (exact) mass is 272 g/mol. The largest absolute Gasteiger partial charge is 0.389 e. The van der Waals surface area contributed by atoms with Crippen molar-refractivity contribution in [1.82, 2.24) is 0 Å². The van der Waals surface area contributed by atoms with Crippen LogP contribution in [-0.4, -0.2) is 19.7 Å². The molecule has 0 heterocycles. The second-order valence-electron chi connectivity index (χ2n) is 4.78. The van der Waals surface area contributed by atoms with E-state index >= 15 is 0 Å². The van der Waals surface area contributed by atoms with Gasteiger partial charge < -0.3 is 10.2 Å². The first-order valence-electron chi connectivity index (χ1n) is 6.73. The Labute approximate surface area is 116 Å². The molecule has 0 aliphatic carbocycles. The third-order valence-corrected chi connectivity index (χ3v) is 5.23. The van der Waals surface area contributed by atoms with Gasteiger partial charge in [-0.25, -0.2) is 0 Å². The van der Waals surface area contributed by atoms with E-state index in [9.17, 15) is 10.2 Å². The van der Waals surface area contributed by atoms with Crippen molar-refractivity contribution >= 4 is 9.52 Å². The summed E-state index contributed by atoms with van der Waals surface area (Å²) in [6, 6.07) is 21.1. The molecule has 2 aromatic rings. The molecular formula is C16H20O2Si. The zero-order valence-corrected chi connectivity index (χ0v) is 12.4. The van der Waals surface area contributed by atoms with E-state index in [-0.39, 0.29) is 12.2 Å². The van der Waals surface area contributed by atoms with Crippen LogP contribution in [0.5, 0.6) is 0 Å². The van der Waals surface area contributed by atoms with Crippen molar-refractivity contribution in [2.45, 2.75) is 24.3 Å². The normalized spacial score (nSPS) is 14.6. The maximum atomic E-state index is 10.1. The lowest BCUT2D eigenvalue weighted by molar-refractivity contribution is 0.191. The Morgan fingerprint density at radius 1 is 0.684 bits per heavy atom. The van der Waals surface area contributed by atoms with Crippen molar-refractivity contribution in [1.29, 1.82) is 0 Å². The second-order valence-corrected chi connectivity index (χ2v) is 6.65. The maximum absolute atomic E-state index is 10.1. The predicted molar refractivity (Wildman–Crippen MR) is 81.0 cm³/mol. The Bertz CT molecular complexity index is 427. The minimum Gasteiger partial charge on any atom is -0.389 e. The maximum Gasteiger partial charge on any atom is 0.0761 e. The van der Waals surface area contributed by atoms with Gasteiger partial charge in [0, 0.05) is 9.52 Å². The summed E-state index contributed by atoms with van der Waals surface area (Å²) in [6.45, 7) is 0. The van der Waals surface area contributed by atoms with Crippen LogP contribution in [-0.2, 0) is 0 Å². The first kappa shape index (κ1) is 14.0. The molecule has 0 bridgehead atoms. The first-order valence-corrected chi connectivity index (χ1v) is 8.73. The Hall–Kier alpha value is -1.42. The number of hydrogen-bond donors (Lipinski definition) is 2. The van der Waals surface area contributed by atoms with Crippen molar-refractivity contribution in [2.24, 2.45) is 0 Å². The summed E-state index contributed by atoms with van der Waals surface area (Å²) in [4.78, 5) is 0. The Kier molecular flexibility index (Phi) is 5.33. The van der Waals surface area contributed by atoms with Gasteiger partial charge in [-0.3, -0.25) is 0 Å². The van der Waals surface area contributed by atoms with Crippen LogP contribution >= 0.6 is 0 Å². The van der Waals surface area contributed by atoms with Crippen LogP contribution in [0.4, 0.5) is 0 Å². The summed E-state index contributed by atoms with van der Waals surface area (Å²) >= 11 is 0. The summed E-state index contributed by atoms with van der Waals surface area (Å²) in [5.74, 6) is 0. The molecular weight excluding hydrogens is 252 g/mol. The average molecular weight is 272 g/mol. The van der Waals surface area contributed by atoms with Gasteiger partial charge in [-0.15, -0.1) is 0 Å². The minimum absolute atomic E-state index is 0.379. The molecule has 0 amide bonds. The van der Waals surface area contributed by atoms with Gasteiger partial charge in [0.05, 0.1) is 12.2 Å². The van der Waals surface area contributed by atoms with E-state index < -0.39 is 9.52 Å². The number of aliphatic hydroxyl groups excluding tert-OH is 2. The molecule has 2 unspecified atom stereocenters. The van der Waals surface area contributed by atoms with Crippen LogP contribution in [0.25, 0.3) is 0 Å². The summed E-state index contributed by atoms with van der Waals surface area (Å²) in [7, 11) is -0.471. The summed E-state index contributed by atoms with van der Waals surface area (Å²) in [5.41, 5.74) is 1.95. The lowest BCUT2D eigenvalue weighted by Crippen LogP contribution is -2.06. The average Bonchev–Trinajstić information content (AvgIpc) is 2.49. The predicted octanol–water partition coefficient (Wildman–Crippen LogP) is 2.46. The third kappa shape index (κ3) is 4.31. The SMILES string of the molecule is OC(C[SiH2]CC(O)c1ccccc1)c1ccccc1. The van der Waals surface area contributed by atoms with Gasteiger partial charge in [0.1, 0.15) is 0 Å². The lowest BCUT2D eigenvalue weighted by atomic mass is 10.1. The smallest absolute Gasteiger partial charge is 0.0761 e. The van der Waals surface area contributed by atoms with Crippen LogP contribution in [0, 0.1) is 0 Å². The summed E-state index contributed by atoms with van der Waals surface area (Å²) in [5, 5.41) is 20.1. The van der Waals surface area contributed by atoms with Crippen molar-refractivity contribution in [3.8, 4) is 0 Å². The molecule has 0 saturated heterocycles. The number of benzene rings is 2. The second kappa shape index (κ2) is 7.24. The van der Waals surface area contributed by atoms with Crippen LogP contribution < -0.4 is 0 Å². The molecule has 0 aliphatic heterocycles. The van der Waals surface area contributed by atoms with Gasteiger partial charge in [0.2, 0.25) is 0 Å². The molecule has 2 N–H and O–H groups in total. The fourth-order valence-corrected chi connectivity index (χ4v) is 3.86. The van der Waals surface area contributed by atoms with Gasteiger partial charge >= 0.3 is 0 Å². The molecule has 2 atom stereocenters. The Morgan fingerprint density at radius 2 is 1.05 bits per heavy atom. The van der Waals surface area contributed by atoms with Gasteiger partial charge in [-0.1, -0.05) is 60.7 Å². The quantitative estimate of drug-likeness (QED) is 0.793. The van der Waals surface area contributed by atoms with Crippen molar-refractivity contribution < 1.29 is 10.2 Å². The summed E-state index contributed by atoms with van der Waals surface area (Å²) < 4.78 is 0. The van der Waals surface area contributed by atoms with Crippen LogP contribution in [0.2, 0.25) is 12.1 Å². The first-order chi connectivity index (χ1) is 9.27. The number of rotatable bonds is 6. The molecule has 100 valence electrons. The van der Waals surface area contributed by atoms with E-state index in [1.165, 1.54) is 0 Å². The molecule has 0 saturated carbocycles. The highest BCUT2D eigenvalue weighted by Gasteiger charge is 2.10. The lowest BCUT2D eigenvalue weighted by Gasteiger charge is -2.13. The summed E-state index contributed by atoms with van der Waals surface area (Å²) in [6.07, 6.45) is -0.758. The van der Waals surface area contributed by atoms with E-state index in [1.807, 2.05) is 60.7 Å². The molecule has 2 rings (SSSR count). The Balaban J connectivity index is 1.78. The molecule has 0 spiro atoms. The molecule has 2 nitrogen and oxygen atoms in total. The van der Waals surface area contributed by atoms with E-state index in [0.29, 0.717) is 0 Å². The zero-order chi connectivity index (χ0) is 13.5. The molecule has 3 heteroatoms. The highest BCUT2D eigenvalue weighted by molar-refractivity contribution is 6.35. The molecule has 2 aromatic carbocycles. The van der Waals surface area contributed by atoms with Crippen molar-refractivity contribution in [3.63, 3.8) is 0 Å². The zero-order valence-electron chi connectivity index (χ0n) is 10.9. The third-order valence-electron chi connectivity index (χ3n) is 3.32. The highest BCUT2D eigenvalue weighted by atomic mass is 28.2. The van der Waals surface area contributed by atoms with Gasteiger partial charge in [0.15, 0.2) is 0 Å². The van der Waals surface area contributed by atoms with E-state index in [1.54, 1.807) is 0 Å². The highest BCUT2D eigenvalue weighted by Crippen LogP contribution is 2.20.